The average molecular weight is 361 g/mol. The Balaban J connectivity index is 1.89. The molecular weight excluding hydrogens is 349 g/mol. The molecule has 1 amide bonds. The number of amides is 1. The highest BCUT2D eigenvalue weighted by Crippen LogP contribution is 2.20. The molecule has 0 bridgehead atoms. The first-order valence-corrected chi connectivity index (χ1v) is 8.88. The molecule has 0 atom stereocenters. The van der Waals surface area contributed by atoms with Gasteiger partial charge in [0.2, 0.25) is 0 Å². The van der Waals surface area contributed by atoms with Crippen molar-refractivity contribution in [3.05, 3.63) is 60.2 Å². The van der Waals surface area contributed by atoms with E-state index < -0.39 is 21.6 Å². The monoisotopic (exact) mass is 361 g/mol. The van der Waals surface area contributed by atoms with Gasteiger partial charge in [-0.1, -0.05) is 6.07 Å². The number of carbonyl (C=O) groups excluding carboxylic acids is 1. The minimum absolute atomic E-state index is 0.0911. The van der Waals surface area contributed by atoms with Gasteiger partial charge in [0.05, 0.1) is 16.3 Å². The zero-order valence-corrected chi connectivity index (χ0v) is 13.7. The lowest BCUT2D eigenvalue weighted by atomic mass is 10.2. The largest absolute Gasteiger partial charge is 0.319 e. The summed E-state index contributed by atoms with van der Waals surface area (Å²) in [5.74, 6) is -1.34. The Hall–Kier alpha value is -3.14. The van der Waals surface area contributed by atoms with Crippen molar-refractivity contribution in [3.8, 4) is 5.69 Å². The lowest BCUT2D eigenvalue weighted by Gasteiger charge is -2.09. The van der Waals surface area contributed by atoms with Crippen LogP contribution in [0.3, 0.4) is 0 Å². The fourth-order valence-electron chi connectivity index (χ4n) is 2.09. The summed E-state index contributed by atoms with van der Waals surface area (Å²) in [6.45, 7) is 0. The van der Waals surface area contributed by atoms with Crippen molar-refractivity contribution in [2.24, 2.45) is 0 Å². The molecule has 10 heteroatoms. The van der Waals surface area contributed by atoms with E-state index in [9.17, 15) is 17.6 Å². The molecule has 1 heterocycles. The van der Waals surface area contributed by atoms with Crippen LogP contribution in [0, 0.1) is 5.82 Å². The summed E-state index contributed by atoms with van der Waals surface area (Å²) < 4.78 is 38.4. The molecular formula is C15H12FN5O3S. The van der Waals surface area contributed by atoms with Crippen LogP contribution in [0.5, 0.6) is 0 Å². The molecule has 0 saturated carbocycles. The molecule has 0 saturated heterocycles. The fourth-order valence-corrected chi connectivity index (χ4v) is 2.74. The average Bonchev–Trinajstić information content (AvgIpc) is 3.10. The van der Waals surface area contributed by atoms with Crippen LogP contribution in [0.25, 0.3) is 5.69 Å². The lowest BCUT2D eigenvalue weighted by molar-refractivity contribution is 0.102. The van der Waals surface area contributed by atoms with Gasteiger partial charge >= 0.3 is 0 Å². The van der Waals surface area contributed by atoms with Gasteiger partial charge in [-0.3, -0.25) is 4.79 Å². The van der Waals surface area contributed by atoms with Crippen LogP contribution >= 0.6 is 0 Å². The van der Waals surface area contributed by atoms with E-state index >= 15 is 0 Å². The van der Waals surface area contributed by atoms with Crippen molar-refractivity contribution in [3.63, 3.8) is 0 Å². The molecule has 1 aromatic heterocycles. The summed E-state index contributed by atoms with van der Waals surface area (Å²) in [6.07, 6.45) is 2.37. The third-order valence-corrected chi connectivity index (χ3v) is 4.45. The molecule has 25 heavy (non-hydrogen) atoms. The molecule has 0 aliphatic carbocycles. The fraction of sp³-hybridized carbons (Fsp3) is 0.0667. The molecule has 0 radical (unpaired) electrons. The number of hydrogen-bond donors (Lipinski definition) is 1. The smallest absolute Gasteiger partial charge is 0.255 e. The van der Waals surface area contributed by atoms with Crippen molar-refractivity contribution >= 4 is 21.4 Å². The number of hydrogen-bond acceptors (Lipinski definition) is 6. The molecule has 3 aromatic rings. The Morgan fingerprint density at radius 1 is 1.20 bits per heavy atom. The maximum absolute atomic E-state index is 13.9. The van der Waals surface area contributed by atoms with E-state index in [1.807, 2.05) is 0 Å². The molecule has 128 valence electrons. The Labute approximate surface area is 142 Å². The van der Waals surface area contributed by atoms with E-state index in [0.717, 1.165) is 24.5 Å². The van der Waals surface area contributed by atoms with Crippen molar-refractivity contribution in [1.82, 2.24) is 20.2 Å². The van der Waals surface area contributed by atoms with Gasteiger partial charge in [0.15, 0.2) is 9.84 Å². The zero-order chi connectivity index (χ0) is 18.0. The van der Waals surface area contributed by atoms with Crippen molar-refractivity contribution in [1.29, 1.82) is 0 Å². The van der Waals surface area contributed by atoms with Gasteiger partial charge in [0.1, 0.15) is 12.1 Å². The predicted molar refractivity (Wildman–Crippen MR) is 86.6 cm³/mol. The lowest BCUT2D eigenvalue weighted by Crippen LogP contribution is -2.14. The van der Waals surface area contributed by atoms with E-state index in [0.29, 0.717) is 5.69 Å². The van der Waals surface area contributed by atoms with Crippen LogP contribution < -0.4 is 5.32 Å². The number of nitrogens with zero attached hydrogens (tertiary/aromatic N) is 4. The van der Waals surface area contributed by atoms with Crippen LogP contribution in [-0.2, 0) is 9.84 Å². The number of sulfone groups is 1. The summed E-state index contributed by atoms with van der Waals surface area (Å²) >= 11 is 0. The van der Waals surface area contributed by atoms with Crippen LogP contribution in [0.4, 0.5) is 10.1 Å². The first kappa shape index (κ1) is 16.7. The van der Waals surface area contributed by atoms with Crippen LogP contribution in [-0.4, -0.2) is 40.8 Å². The molecule has 0 aliphatic rings. The Kier molecular flexibility index (Phi) is 4.28. The van der Waals surface area contributed by atoms with E-state index in [-0.39, 0.29) is 16.1 Å². The molecule has 0 aliphatic heterocycles. The number of benzene rings is 2. The Morgan fingerprint density at radius 2 is 2.00 bits per heavy atom. The summed E-state index contributed by atoms with van der Waals surface area (Å²) in [7, 11) is -3.52. The first-order valence-electron chi connectivity index (χ1n) is 6.99. The molecule has 0 unspecified atom stereocenters. The maximum Gasteiger partial charge on any atom is 0.255 e. The van der Waals surface area contributed by atoms with Gasteiger partial charge in [-0.25, -0.2) is 17.5 Å². The second kappa shape index (κ2) is 6.40. The van der Waals surface area contributed by atoms with Crippen LogP contribution in [0.1, 0.15) is 10.4 Å². The highest BCUT2D eigenvalue weighted by atomic mass is 32.2. The minimum Gasteiger partial charge on any atom is -0.319 e. The van der Waals surface area contributed by atoms with E-state index in [1.165, 1.54) is 23.1 Å². The highest BCUT2D eigenvalue weighted by molar-refractivity contribution is 7.90. The third kappa shape index (κ3) is 3.69. The normalized spacial score (nSPS) is 11.3. The Morgan fingerprint density at radius 3 is 2.68 bits per heavy atom. The molecule has 1 N–H and O–H groups in total. The van der Waals surface area contributed by atoms with Gasteiger partial charge < -0.3 is 5.32 Å². The molecule has 0 fully saturated rings. The minimum atomic E-state index is -3.52. The maximum atomic E-state index is 13.9. The zero-order valence-electron chi connectivity index (χ0n) is 12.9. The molecule has 8 nitrogen and oxygen atoms in total. The summed E-state index contributed by atoms with van der Waals surface area (Å²) in [5, 5.41) is 13.1. The SMILES string of the molecule is CS(=O)(=O)c1ccc(F)c(NC(=O)c2cccc(-n3cnnn3)c2)c1. The number of aromatic nitrogens is 4. The van der Waals surface area contributed by atoms with Gasteiger partial charge in [-0.15, -0.1) is 5.10 Å². The van der Waals surface area contributed by atoms with Gasteiger partial charge in [0.25, 0.3) is 5.91 Å². The van der Waals surface area contributed by atoms with Gasteiger partial charge in [-0.2, -0.15) is 0 Å². The van der Waals surface area contributed by atoms with Crippen LogP contribution in [0.15, 0.2) is 53.7 Å². The quantitative estimate of drug-likeness (QED) is 0.705. The second-order valence-electron chi connectivity index (χ2n) is 5.17. The molecule has 2 aromatic carbocycles. The first-order chi connectivity index (χ1) is 11.8. The van der Waals surface area contributed by atoms with Crippen LogP contribution in [0.2, 0.25) is 0 Å². The van der Waals surface area contributed by atoms with Crippen molar-refractivity contribution < 1.29 is 17.6 Å². The summed E-state index contributed by atoms with van der Waals surface area (Å²) in [5.41, 5.74) is 0.556. The van der Waals surface area contributed by atoms with Crippen molar-refractivity contribution in [2.75, 3.05) is 11.6 Å². The predicted octanol–water partition coefficient (Wildman–Crippen LogP) is 1.46. The van der Waals surface area contributed by atoms with E-state index in [2.05, 4.69) is 20.8 Å². The number of anilines is 1. The molecule has 3 rings (SSSR count). The van der Waals surface area contributed by atoms with E-state index in [4.69, 9.17) is 0 Å². The van der Waals surface area contributed by atoms with Gasteiger partial charge in [0, 0.05) is 11.8 Å². The Bertz CT molecular complexity index is 1040. The number of carbonyl (C=O) groups is 1. The number of halogens is 1. The second-order valence-corrected chi connectivity index (χ2v) is 7.19. The third-order valence-electron chi connectivity index (χ3n) is 3.34. The van der Waals surface area contributed by atoms with Crippen molar-refractivity contribution in [2.45, 2.75) is 4.90 Å². The molecule has 0 spiro atoms. The number of nitrogens with one attached hydrogen (secondary N) is 1. The number of tetrazole rings is 1. The standard InChI is InChI=1S/C15H12FN5O3S/c1-25(23,24)12-5-6-13(16)14(8-12)18-15(22)10-3-2-4-11(7-10)21-9-17-19-20-21/h2-9H,1H3,(H,18,22). The summed E-state index contributed by atoms with van der Waals surface area (Å²) in [4.78, 5) is 12.3. The topological polar surface area (TPSA) is 107 Å². The summed E-state index contributed by atoms with van der Waals surface area (Å²) in [6, 6.07) is 9.56. The highest BCUT2D eigenvalue weighted by Gasteiger charge is 2.14. The number of rotatable bonds is 4. The van der Waals surface area contributed by atoms with Gasteiger partial charge in [-0.05, 0) is 46.8 Å². The van der Waals surface area contributed by atoms with E-state index in [1.54, 1.807) is 12.1 Å².